The van der Waals surface area contributed by atoms with E-state index in [1.54, 1.807) is 0 Å². The zero-order chi connectivity index (χ0) is 16.6. The fourth-order valence-electron chi connectivity index (χ4n) is 1.27. The smallest absolute Gasteiger partial charge is 0.325 e. The highest BCUT2D eigenvalue weighted by molar-refractivity contribution is 7.80. The Kier molecular flexibility index (Phi) is 8.39. The van der Waals surface area contributed by atoms with E-state index in [2.05, 4.69) is 23.3 Å². The molecular formula is C11H19N3O6S. The Hall–Kier alpha value is -1.81. The van der Waals surface area contributed by atoms with Crippen LogP contribution in [0.1, 0.15) is 19.8 Å². The summed E-state index contributed by atoms with van der Waals surface area (Å²) in [5.41, 5.74) is 5.44. The monoisotopic (exact) mass is 321 g/mol. The van der Waals surface area contributed by atoms with Crippen LogP contribution in [0.2, 0.25) is 0 Å². The molecule has 10 heteroatoms. The Morgan fingerprint density at radius 2 is 1.71 bits per heavy atom. The van der Waals surface area contributed by atoms with Gasteiger partial charge >= 0.3 is 11.9 Å². The first-order valence-electron chi connectivity index (χ1n) is 6.10. The molecule has 0 saturated carbocycles. The van der Waals surface area contributed by atoms with Crippen molar-refractivity contribution in [2.24, 2.45) is 5.73 Å². The van der Waals surface area contributed by atoms with E-state index in [1.165, 1.54) is 6.92 Å². The molecule has 3 atom stereocenters. The number of hydrogen-bond acceptors (Lipinski definition) is 6. The summed E-state index contributed by atoms with van der Waals surface area (Å²) < 4.78 is 0. The van der Waals surface area contributed by atoms with Crippen molar-refractivity contribution in [3.63, 3.8) is 0 Å². The topological polar surface area (TPSA) is 159 Å². The Morgan fingerprint density at radius 1 is 1.14 bits per heavy atom. The number of amides is 2. The summed E-state index contributed by atoms with van der Waals surface area (Å²) in [6.45, 7) is 1.25. The fourth-order valence-corrected chi connectivity index (χ4v) is 1.44. The van der Waals surface area contributed by atoms with Crippen LogP contribution in [0, 0.1) is 0 Å². The van der Waals surface area contributed by atoms with Crippen LogP contribution in [0.4, 0.5) is 0 Å². The summed E-state index contributed by atoms with van der Waals surface area (Å²) in [7, 11) is 0. The van der Waals surface area contributed by atoms with Crippen molar-refractivity contribution in [2.45, 2.75) is 37.9 Å². The molecule has 0 aromatic carbocycles. The second-order valence-electron chi connectivity index (χ2n) is 4.35. The number of thiol groups is 1. The normalized spacial score (nSPS) is 14.6. The predicted octanol–water partition coefficient (Wildman–Crippen LogP) is -1.82. The highest BCUT2D eigenvalue weighted by atomic mass is 32.1. The molecule has 120 valence electrons. The lowest BCUT2D eigenvalue weighted by Crippen LogP contribution is -2.54. The first kappa shape index (κ1) is 19.2. The predicted molar refractivity (Wildman–Crippen MR) is 75.9 cm³/mol. The molecule has 0 aliphatic carbocycles. The molecule has 9 nitrogen and oxygen atoms in total. The fraction of sp³-hybridized carbons (Fsp3) is 0.636. The number of aliphatic carboxylic acids is 2. The van der Waals surface area contributed by atoms with Gasteiger partial charge in [-0.2, -0.15) is 12.6 Å². The lowest BCUT2D eigenvalue weighted by molar-refractivity contribution is -0.142. The van der Waals surface area contributed by atoms with Crippen molar-refractivity contribution < 1.29 is 29.4 Å². The van der Waals surface area contributed by atoms with Gasteiger partial charge in [-0.3, -0.25) is 19.2 Å². The minimum Gasteiger partial charge on any atom is -0.481 e. The first-order valence-corrected chi connectivity index (χ1v) is 6.74. The molecule has 0 saturated heterocycles. The quantitative estimate of drug-likeness (QED) is 0.273. The third-order valence-corrected chi connectivity index (χ3v) is 2.94. The van der Waals surface area contributed by atoms with Gasteiger partial charge in [-0.15, -0.1) is 0 Å². The average Bonchev–Trinajstić information content (AvgIpc) is 2.41. The van der Waals surface area contributed by atoms with Gasteiger partial charge in [0.05, 0.1) is 6.04 Å². The average molecular weight is 321 g/mol. The minimum atomic E-state index is -1.25. The van der Waals surface area contributed by atoms with Gasteiger partial charge in [0.15, 0.2) is 0 Å². The van der Waals surface area contributed by atoms with E-state index >= 15 is 0 Å². The number of carboxylic acid groups (broad SMARTS) is 2. The lowest BCUT2D eigenvalue weighted by atomic mass is 10.1. The maximum absolute atomic E-state index is 11.9. The molecular weight excluding hydrogens is 302 g/mol. The maximum Gasteiger partial charge on any atom is 0.325 e. The second-order valence-corrected chi connectivity index (χ2v) is 4.72. The van der Waals surface area contributed by atoms with Crippen molar-refractivity contribution in [2.75, 3.05) is 5.75 Å². The molecule has 0 spiro atoms. The van der Waals surface area contributed by atoms with Crippen molar-refractivity contribution in [3.05, 3.63) is 0 Å². The Bertz CT molecular complexity index is 417. The zero-order valence-electron chi connectivity index (χ0n) is 11.4. The summed E-state index contributed by atoms with van der Waals surface area (Å²) in [4.78, 5) is 44.7. The van der Waals surface area contributed by atoms with Crippen molar-refractivity contribution in [1.82, 2.24) is 10.6 Å². The van der Waals surface area contributed by atoms with Gasteiger partial charge in [0.2, 0.25) is 11.8 Å². The number of rotatable bonds is 9. The van der Waals surface area contributed by atoms with Gasteiger partial charge in [0, 0.05) is 12.2 Å². The molecule has 0 aliphatic heterocycles. The van der Waals surface area contributed by atoms with Crippen LogP contribution in [0.5, 0.6) is 0 Å². The maximum atomic E-state index is 11.9. The first-order chi connectivity index (χ1) is 9.68. The van der Waals surface area contributed by atoms with Gasteiger partial charge < -0.3 is 26.6 Å². The molecule has 0 aromatic rings. The van der Waals surface area contributed by atoms with E-state index in [9.17, 15) is 19.2 Å². The Labute approximate surface area is 126 Å². The van der Waals surface area contributed by atoms with Crippen LogP contribution in [-0.2, 0) is 19.2 Å². The molecule has 0 radical (unpaired) electrons. The van der Waals surface area contributed by atoms with Crippen LogP contribution in [0.25, 0.3) is 0 Å². The van der Waals surface area contributed by atoms with E-state index in [1.807, 2.05) is 0 Å². The molecule has 21 heavy (non-hydrogen) atoms. The molecule has 2 amide bonds. The lowest BCUT2D eigenvalue weighted by Gasteiger charge is -2.20. The molecule has 0 fully saturated rings. The largest absolute Gasteiger partial charge is 0.481 e. The summed E-state index contributed by atoms with van der Waals surface area (Å²) >= 11 is 3.84. The van der Waals surface area contributed by atoms with Gasteiger partial charge in [-0.1, -0.05) is 0 Å². The Morgan fingerprint density at radius 3 is 2.14 bits per heavy atom. The molecule has 0 bridgehead atoms. The van der Waals surface area contributed by atoms with Gasteiger partial charge in [-0.25, -0.2) is 0 Å². The van der Waals surface area contributed by atoms with Gasteiger partial charge in [0.25, 0.3) is 0 Å². The molecule has 3 unspecified atom stereocenters. The van der Waals surface area contributed by atoms with Crippen LogP contribution in [0.15, 0.2) is 0 Å². The van der Waals surface area contributed by atoms with Crippen molar-refractivity contribution in [3.8, 4) is 0 Å². The number of carboxylic acids is 2. The summed E-state index contributed by atoms with van der Waals surface area (Å²) in [5.74, 6) is -3.81. The van der Waals surface area contributed by atoms with Crippen molar-refractivity contribution in [1.29, 1.82) is 0 Å². The van der Waals surface area contributed by atoms with Crippen molar-refractivity contribution >= 4 is 36.4 Å². The molecule has 0 heterocycles. The van der Waals surface area contributed by atoms with E-state index in [0.717, 1.165) is 0 Å². The number of nitrogens with two attached hydrogens (primary N) is 1. The molecule has 0 aromatic heterocycles. The molecule has 6 N–H and O–H groups in total. The summed E-state index contributed by atoms with van der Waals surface area (Å²) in [5, 5.41) is 21.8. The number of carbonyl (C=O) groups excluding carboxylic acids is 2. The van der Waals surface area contributed by atoms with E-state index in [0.29, 0.717) is 0 Å². The van der Waals surface area contributed by atoms with Crippen LogP contribution >= 0.6 is 12.6 Å². The zero-order valence-corrected chi connectivity index (χ0v) is 12.3. The van der Waals surface area contributed by atoms with Crippen LogP contribution in [-0.4, -0.2) is 57.8 Å². The number of nitrogens with one attached hydrogen (secondary N) is 2. The number of hydrogen-bond donors (Lipinski definition) is 6. The van der Waals surface area contributed by atoms with Crippen LogP contribution < -0.4 is 16.4 Å². The van der Waals surface area contributed by atoms with Gasteiger partial charge in [-0.05, 0) is 13.3 Å². The summed E-state index contributed by atoms with van der Waals surface area (Å²) in [6.07, 6.45) is -0.547. The van der Waals surface area contributed by atoms with E-state index < -0.39 is 41.9 Å². The van der Waals surface area contributed by atoms with E-state index in [-0.39, 0.29) is 18.6 Å². The third-order valence-electron chi connectivity index (χ3n) is 2.54. The Balaban J connectivity index is 4.79. The summed E-state index contributed by atoms with van der Waals surface area (Å²) in [6, 6.07) is -3.30. The third kappa shape index (κ3) is 7.51. The number of carbonyl (C=O) groups is 4. The van der Waals surface area contributed by atoms with Gasteiger partial charge in [0.1, 0.15) is 12.1 Å². The minimum absolute atomic E-state index is 0.0463. The standard InChI is InChI=1S/C11H19N3O6S/c1-5(11(19)20)13-10(18)7(2-3-8(15)16)14-9(17)6(12)4-21/h5-7,21H,2-4,12H2,1H3,(H,13,18)(H,14,17)(H,15,16)(H,19,20). The second kappa shape index (κ2) is 9.19. The molecule has 0 aliphatic rings. The van der Waals surface area contributed by atoms with E-state index in [4.69, 9.17) is 15.9 Å². The highest BCUT2D eigenvalue weighted by Gasteiger charge is 2.26. The molecule has 0 rings (SSSR count). The SMILES string of the molecule is CC(NC(=O)C(CCC(=O)O)NC(=O)C(N)CS)C(=O)O. The van der Waals surface area contributed by atoms with Crippen LogP contribution in [0.3, 0.4) is 0 Å². The highest BCUT2D eigenvalue weighted by Crippen LogP contribution is 2.00.